The first-order valence-corrected chi connectivity index (χ1v) is 8.00. The minimum atomic E-state index is -0.352. The van der Waals surface area contributed by atoms with Crippen LogP contribution in [0.15, 0.2) is 17.9 Å². The van der Waals surface area contributed by atoms with E-state index >= 15 is 0 Å². The van der Waals surface area contributed by atoms with Crippen LogP contribution in [-0.2, 0) is 9.31 Å². The minimum absolute atomic E-state index is 0.332. The monoisotopic (exact) mass is 308 g/mol. The van der Waals surface area contributed by atoms with Crippen LogP contribution in [0.4, 0.5) is 0 Å². The molecule has 0 saturated carbocycles. The third kappa shape index (κ3) is 3.38. The van der Waals surface area contributed by atoms with Crippen molar-refractivity contribution in [2.45, 2.75) is 58.8 Å². The van der Waals surface area contributed by atoms with Gasteiger partial charge in [0.15, 0.2) is 0 Å². The van der Waals surface area contributed by atoms with Crippen molar-refractivity contribution in [2.75, 3.05) is 5.75 Å². The van der Waals surface area contributed by atoms with Gasteiger partial charge in [0, 0.05) is 23.6 Å². The molecule has 21 heavy (non-hydrogen) atoms. The summed E-state index contributed by atoms with van der Waals surface area (Å²) in [6, 6.07) is 0.350. The summed E-state index contributed by atoms with van der Waals surface area (Å²) in [4.78, 5) is 0. The van der Waals surface area contributed by atoms with E-state index in [-0.39, 0.29) is 18.3 Å². The molecule has 1 aliphatic rings. The summed E-state index contributed by atoms with van der Waals surface area (Å²) in [7, 11) is -0.352. The molecular weight excluding hydrogens is 283 g/mol. The Morgan fingerprint density at radius 1 is 1.33 bits per heavy atom. The number of rotatable bonds is 4. The molecular formula is C15H25BN2O2S. The fourth-order valence-electron chi connectivity index (χ4n) is 2.11. The lowest BCUT2D eigenvalue weighted by molar-refractivity contribution is 0.00578. The van der Waals surface area contributed by atoms with Crippen LogP contribution in [0.5, 0.6) is 0 Å². The zero-order valence-corrected chi connectivity index (χ0v) is 14.6. The number of nitrogens with zero attached hydrogens (tertiary/aromatic N) is 2. The molecule has 1 aliphatic heterocycles. The maximum Gasteiger partial charge on any atom is 0.491 e. The van der Waals surface area contributed by atoms with Crippen molar-refractivity contribution in [2.24, 2.45) is 0 Å². The van der Waals surface area contributed by atoms with Gasteiger partial charge >= 0.3 is 7.12 Å². The molecule has 0 bridgehead atoms. The van der Waals surface area contributed by atoms with Gasteiger partial charge in [0.25, 0.3) is 0 Å². The molecule has 116 valence electrons. The van der Waals surface area contributed by atoms with Gasteiger partial charge in [-0.1, -0.05) is 6.08 Å². The topological polar surface area (TPSA) is 36.3 Å². The Labute approximate surface area is 133 Å². The van der Waals surface area contributed by atoms with Crippen LogP contribution in [0, 0.1) is 0 Å². The number of hydrogen-bond acceptors (Lipinski definition) is 4. The van der Waals surface area contributed by atoms with Crippen LogP contribution in [0.2, 0.25) is 0 Å². The van der Waals surface area contributed by atoms with E-state index in [0.717, 1.165) is 11.0 Å². The van der Waals surface area contributed by atoms with Gasteiger partial charge in [-0.2, -0.15) is 17.7 Å². The van der Waals surface area contributed by atoms with Crippen molar-refractivity contribution in [1.82, 2.24) is 9.78 Å². The molecule has 1 aromatic rings. The van der Waals surface area contributed by atoms with Crippen LogP contribution >= 0.6 is 12.6 Å². The van der Waals surface area contributed by atoms with E-state index in [1.807, 2.05) is 17.1 Å². The van der Waals surface area contributed by atoms with E-state index in [9.17, 15) is 0 Å². The van der Waals surface area contributed by atoms with Crippen molar-refractivity contribution in [3.8, 4) is 0 Å². The van der Waals surface area contributed by atoms with Crippen LogP contribution < -0.4 is 0 Å². The fourth-order valence-corrected chi connectivity index (χ4v) is 2.35. The second-order valence-corrected chi connectivity index (χ2v) is 7.13. The molecule has 2 heterocycles. The lowest BCUT2D eigenvalue weighted by atomic mass is 9.78. The zero-order valence-electron chi connectivity index (χ0n) is 13.8. The summed E-state index contributed by atoms with van der Waals surface area (Å²) in [5.41, 5.74) is 1.40. The number of aromatic nitrogens is 2. The van der Waals surface area contributed by atoms with Gasteiger partial charge < -0.3 is 9.31 Å². The Morgan fingerprint density at radius 3 is 2.33 bits per heavy atom. The van der Waals surface area contributed by atoms with Gasteiger partial charge in [-0.25, -0.2) is 0 Å². The van der Waals surface area contributed by atoms with Crippen LogP contribution in [0.1, 0.15) is 53.1 Å². The van der Waals surface area contributed by atoms with Crippen molar-refractivity contribution in [3.63, 3.8) is 0 Å². The SMILES string of the molecule is CC(C)n1cc(C=C(CS)B2OC(C)(C)C(C)(C)O2)cn1. The van der Waals surface area contributed by atoms with Gasteiger partial charge in [0.2, 0.25) is 0 Å². The fraction of sp³-hybridized carbons (Fsp3) is 0.667. The maximum atomic E-state index is 6.08. The molecule has 0 aromatic carbocycles. The van der Waals surface area contributed by atoms with E-state index < -0.39 is 0 Å². The Bertz CT molecular complexity index is 522. The summed E-state index contributed by atoms with van der Waals surface area (Å²) in [6.07, 6.45) is 5.94. The minimum Gasteiger partial charge on any atom is -0.400 e. The number of hydrogen-bond donors (Lipinski definition) is 1. The lowest BCUT2D eigenvalue weighted by Gasteiger charge is -2.32. The highest BCUT2D eigenvalue weighted by molar-refractivity contribution is 7.80. The van der Waals surface area contributed by atoms with Gasteiger partial charge in [-0.3, -0.25) is 4.68 Å². The normalized spacial score (nSPS) is 21.3. The molecule has 4 nitrogen and oxygen atoms in total. The predicted molar refractivity (Wildman–Crippen MR) is 90.5 cm³/mol. The first kappa shape index (κ1) is 16.7. The second kappa shape index (κ2) is 5.82. The smallest absolute Gasteiger partial charge is 0.400 e. The van der Waals surface area contributed by atoms with Gasteiger partial charge in [0.1, 0.15) is 0 Å². The summed E-state index contributed by atoms with van der Waals surface area (Å²) >= 11 is 4.43. The van der Waals surface area contributed by atoms with E-state index in [0.29, 0.717) is 11.8 Å². The highest BCUT2D eigenvalue weighted by Crippen LogP contribution is 2.38. The van der Waals surface area contributed by atoms with Crippen LogP contribution in [0.25, 0.3) is 6.08 Å². The van der Waals surface area contributed by atoms with Crippen LogP contribution in [-0.4, -0.2) is 33.9 Å². The van der Waals surface area contributed by atoms with E-state index in [1.165, 1.54) is 0 Å². The Kier molecular flexibility index (Phi) is 4.61. The highest BCUT2D eigenvalue weighted by Gasteiger charge is 2.52. The molecule has 0 N–H and O–H groups in total. The Balaban J connectivity index is 2.22. The molecule has 1 saturated heterocycles. The average Bonchev–Trinajstić information content (AvgIpc) is 2.90. The van der Waals surface area contributed by atoms with E-state index in [1.54, 1.807) is 0 Å². The van der Waals surface area contributed by atoms with Crippen molar-refractivity contribution in [3.05, 3.63) is 23.4 Å². The Hall–Kier alpha value is -0.715. The predicted octanol–water partition coefficient (Wildman–Crippen LogP) is 3.41. The average molecular weight is 308 g/mol. The Morgan fingerprint density at radius 2 is 1.90 bits per heavy atom. The summed E-state index contributed by atoms with van der Waals surface area (Å²) in [5.74, 6) is 0.587. The summed E-state index contributed by atoms with van der Waals surface area (Å²) < 4.78 is 14.1. The molecule has 1 aromatic heterocycles. The lowest BCUT2D eigenvalue weighted by Crippen LogP contribution is -2.41. The van der Waals surface area contributed by atoms with Crippen molar-refractivity contribution < 1.29 is 9.31 Å². The molecule has 2 rings (SSSR count). The highest BCUT2D eigenvalue weighted by atomic mass is 32.1. The standard InChI is InChI=1S/C15H25BN2O2S/c1-11(2)18-9-12(8-17-18)7-13(10-21)16-19-14(3,4)15(5,6)20-16/h7-9,11,21H,10H2,1-6H3. The summed E-state index contributed by atoms with van der Waals surface area (Å²) in [5, 5.41) is 4.35. The first-order valence-electron chi connectivity index (χ1n) is 7.37. The molecule has 0 atom stereocenters. The van der Waals surface area contributed by atoms with Crippen molar-refractivity contribution in [1.29, 1.82) is 0 Å². The molecule has 0 unspecified atom stereocenters. The molecule has 0 radical (unpaired) electrons. The summed E-state index contributed by atoms with van der Waals surface area (Å²) in [6.45, 7) is 12.4. The number of thiol groups is 1. The van der Waals surface area contributed by atoms with Gasteiger partial charge in [-0.15, -0.1) is 0 Å². The van der Waals surface area contributed by atoms with Crippen LogP contribution in [0.3, 0.4) is 0 Å². The molecule has 1 fully saturated rings. The largest absolute Gasteiger partial charge is 0.491 e. The van der Waals surface area contributed by atoms with E-state index in [2.05, 4.69) is 65.3 Å². The van der Waals surface area contributed by atoms with Gasteiger partial charge in [-0.05, 0) is 47.0 Å². The molecule has 6 heteroatoms. The van der Waals surface area contributed by atoms with E-state index in [4.69, 9.17) is 9.31 Å². The van der Waals surface area contributed by atoms with Gasteiger partial charge in [0.05, 0.1) is 17.4 Å². The molecule has 0 amide bonds. The molecule has 0 aliphatic carbocycles. The maximum absolute atomic E-state index is 6.08. The third-order valence-corrected chi connectivity index (χ3v) is 4.61. The third-order valence-electron chi connectivity index (χ3n) is 4.24. The van der Waals surface area contributed by atoms with Crippen molar-refractivity contribution >= 4 is 25.8 Å². The molecule has 0 spiro atoms. The zero-order chi connectivity index (χ0) is 15.8. The quantitative estimate of drug-likeness (QED) is 0.684. The second-order valence-electron chi connectivity index (χ2n) is 6.81. The first-order chi connectivity index (χ1) is 9.66.